The Labute approximate surface area is 185 Å². The van der Waals surface area contributed by atoms with Crippen LogP contribution in [0.5, 0.6) is 5.75 Å². The molecule has 0 aliphatic rings. The SMILES string of the molecule is CCOc1cc(-c2cnn(C)c2)ccc1Nc1ncc2ccnc(C(C=NC)=CN)c2n1. The highest BCUT2D eigenvalue weighted by Gasteiger charge is 2.12. The van der Waals surface area contributed by atoms with Gasteiger partial charge in [-0.1, -0.05) is 6.07 Å². The largest absolute Gasteiger partial charge is 0.492 e. The summed E-state index contributed by atoms with van der Waals surface area (Å²) >= 11 is 0. The van der Waals surface area contributed by atoms with E-state index >= 15 is 0 Å². The average molecular weight is 429 g/mol. The summed E-state index contributed by atoms with van der Waals surface area (Å²) in [7, 11) is 3.57. The number of nitrogens with two attached hydrogens (primary N) is 1. The molecule has 0 fully saturated rings. The van der Waals surface area contributed by atoms with Crippen molar-refractivity contribution in [3.8, 4) is 16.9 Å². The van der Waals surface area contributed by atoms with Crippen LogP contribution in [-0.4, -0.2) is 44.6 Å². The van der Waals surface area contributed by atoms with Gasteiger partial charge >= 0.3 is 0 Å². The Bertz CT molecular complexity index is 1310. The van der Waals surface area contributed by atoms with Gasteiger partial charge in [0.2, 0.25) is 5.95 Å². The van der Waals surface area contributed by atoms with E-state index in [9.17, 15) is 0 Å². The van der Waals surface area contributed by atoms with Crippen LogP contribution in [0.1, 0.15) is 12.6 Å². The molecule has 0 radical (unpaired) electrons. The number of nitrogens with one attached hydrogen (secondary N) is 1. The number of nitrogens with zero attached hydrogens (tertiary/aromatic N) is 6. The Morgan fingerprint density at radius 1 is 1.22 bits per heavy atom. The second-order valence-electron chi connectivity index (χ2n) is 6.97. The molecule has 1 aromatic carbocycles. The first-order valence-electron chi connectivity index (χ1n) is 10.1. The highest BCUT2D eigenvalue weighted by molar-refractivity contribution is 6.12. The lowest BCUT2D eigenvalue weighted by molar-refractivity contribution is 0.342. The van der Waals surface area contributed by atoms with Crippen LogP contribution in [0, 0.1) is 0 Å². The summed E-state index contributed by atoms with van der Waals surface area (Å²) in [6.07, 6.45) is 10.3. The molecule has 0 unspecified atom stereocenters. The monoisotopic (exact) mass is 428 g/mol. The minimum Gasteiger partial charge on any atom is -0.492 e. The van der Waals surface area contributed by atoms with E-state index in [2.05, 4.69) is 25.4 Å². The standard InChI is InChI=1S/C23H24N8O/c1-4-32-20-9-15(18-13-28-31(3)14-18)5-6-19(20)29-23-27-12-16-7-8-26-21(22(16)30-23)17(10-24)11-25-2/h5-14H,4,24H2,1-3H3,(H,27,29,30). The maximum Gasteiger partial charge on any atom is 0.227 e. The van der Waals surface area contributed by atoms with Crippen molar-refractivity contribution >= 4 is 34.3 Å². The van der Waals surface area contributed by atoms with E-state index < -0.39 is 0 Å². The third-order valence-corrected chi connectivity index (χ3v) is 4.79. The van der Waals surface area contributed by atoms with Crippen LogP contribution in [0.25, 0.3) is 27.6 Å². The normalized spacial score (nSPS) is 11.9. The second-order valence-corrected chi connectivity index (χ2v) is 6.97. The van der Waals surface area contributed by atoms with Gasteiger partial charge < -0.3 is 15.8 Å². The smallest absolute Gasteiger partial charge is 0.227 e. The summed E-state index contributed by atoms with van der Waals surface area (Å²) in [6.45, 7) is 2.47. The van der Waals surface area contributed by atoms with Gasteiger partial charge in [0.05, 0.1) is 24.2 Å². The van der Waals surface area contributed by atoms with Crippen molar-refractivity contribution in [3.05, 3.63) is 60.9 Å². The fourth-order valence-corrected chi connectivity index (χ4v) is 3.32. The molecule has 0 saturated heterocycles. The number of anilines is 2. The molecule has 0 spiro atoms. The van der Waals surface area contributed by atoms with Crippen molar-refractivity contribution in [3.63, 3.8) is 0 Å². The van der Waals surface area contributed by atoms with Crippen molar-refractivity contribution in [2.24, 2.45) is 17.8 Å². The first kappa shape index (κ1) is 21.0. The number of aliphatic imine (C=N–C) groups is 1. The molecule has 4 aromatic rings. The summed E-state index contributed by atoms with van der Waals surface area (Å²) < 4.78 is 7.64. The molecular formula is C23H24N8O. The second kappa shape index (κ2) is 9.25. The molecule has 0 saturated carbocycles. The summed E-state index contributed by atoms with van der Waals surface area (Å²) in [6, 6.07) is 7.78. The third-order valence-electron chi connectivity index (χ3n) is 4.79. The summed E-state index contributed by atoms with van der Waals surface area (Å²) in [4.78, 5) is 17.7. The minimum atomic E-state index is 0.423. The van der Waals surface area contributed by atoms with Crippen LogP contribution >= 0.6 is 0 Å². The van der Waals surface area contributed by atoms with Crippen molar-refractivity contribution in [2.75, 3.05) is 19.0 Å². The lowest BCUT2D eigenvalue weighted by Gasteiger charge is -2.13. The molecule has 0 amide bonds. The Balaban J connectivity index is 1.72. The highest BCUT2D eigenvalue weighted by atomic mass is 16.5. The zero-order valence-electron chi connectivity index (χ0n) is 18.1. The van der Waals surface area contributed by atoms with Gasteiger partial charge in [-0.25, -0.2) is 9.97 Å². The molecule has 32 heavy (non-hydrogen) atoms. The van der Waals surface area contributed by atoms with Crippen LogP contribution < -0.4 is 15.8 Å². The Morgan fingerprint density at radius 2 is 2.09 bits per heavy atom. The molecule has 162 valence electrons. The topological polar surface area (TPSA) is 116 Å². The van der Waals surface area contributed by atoms with Gasteiger partial charge in [-0.2, -0.15) is 5.10 Å². The lowest BCUT2D eigenvalue weighted by atomic mass is 10.1. The molecule has 3 N–H and O–H groups in total. The Morgan fingerprint density at radius 3 is 2.81 bits per heavy atom. The van der Waals surface area contributed by atoms with Gasteiger partial charge in [0, 0.05) is 61.6 Å². The van der Waals surface area contributed by atoms with Crippen LogP contribution in [-0.2, 0) is 7.05 Å². The predicted octanol–water partition coefficient (Wildman–Crippen LogP) is 3.57. The van der Waals surface area contributed by atoms with E-state index in [-0.39, 0.29) is 0 Å². The zero-order valence-corrected chi connectivity index (χ0v) is 18.1. The number of benzene rings is 1. The first-order chi connectivity index (χ1) is 15.6. The minimum absolute atomic E-state index is 0.423. The van der Waals surface area contributed by atoms with Crippen LogP contribution in [0.4, 0.5) is 11.6 Å². The number of allylic oxidation sites excluding steroid dienone is 1. The molecule has 3 aromatic heterocycles. The number of hydrogen-bond acceptors (Lipinski definition) is 8. The lowest BCUT2D eigenvalue weighted by Crippen LogP contribution is -2.03. The maximum absolute atomic E-state index is 5.88. The molecule has 9 heteroatoms. The van der Waals surface area contributed by atoms with E-state index in [1.54, 1.807) is 30.3 Å². The zero-order chi connectivity index (χ0) is 22.5. The third kappa shape index (κ3) is 4.27. The van der Waals surface area contributed by atoms with Gasteiger partial charge in [0.15, 0.2) is 0 Å². The van der Waals surface area contributed by atoms with E-state index in [0.29, 0.717) is 35.1 Å². The van der Waals surface area contributed by atoms with E-state index in [1.165, 1.54) is 6.20 Å². The number of ether oxygens (including phenoxy) is 1. The van der Waals surface area contributed by atoms with Gasteiger partial charge in [-0.05, 0) is 30.7 Å². The van der Waals surface area contributed by atoms with Crippen LogP contribution in [0.3, 0.4) is 0 Å². The van der Waals surface area contributed by atoms with Gasteiger partial charge in [0.1, 0.15) is 11.3 Å². The van der Waals surface area contributed by atoms with Crippen LogP contribution in [0.2, 0.25) is 0 Å². The predicted molar refractivity (Wildman–Crippen MR) is 127 cm³/mol. The molecule has 4 rings (SSSR count). The van der Waals surface area contributed by atoms with Crippen molar-refractivity contribution < 1.29 is 4.74 Å². The maximum atomic E-state index is 5.88. The van der Waals surface area contributed by atoms with E-state index in [4.69, 9.17) is 15.5 Å². The number of pyridine rings is 1. The number of aryl methyl sites for hydroxylation is 1. The molecule has 9 nitrogen and oxygen atoms in total. The number of fused-ring (bicyclic) bond motifs is 1. The number of rotatable bonds is 7. The molecule has 0 bridgehead atoms. The molecular weight excluding hydrogens is 404 g/mol. The van der Waals surface area contributed by atoms with Crippen molar-refractivity contribution in [1.82, 2.24) is 24.7 Å². The Hall–Kier alpha value is -4.27. The van der Waals surface area contributed by atoms with Crippen molar-refractivity contribution in [1.29, 1.82) is 0 Å². The number of aromatic nitrogens is 5. The molecule has 0 aliphatic heterocycles. The van der Waals surface area contributed by atoms with Gasteiger partial charge in [0.25, 0.3) is 0 Å². The Kier molecular flexibility index (Phi) is 6.07. The number of hydrogen-bond donors (Lipinski definition) is 2. The summed E-state index contributed by atoms with van der Waals surface area (Å²) in [5.74, 6) is 1.12. The molecule has 3 heterocycles. The highest BCUT2D eigenvalue weighted by Crippen LogP contribution is 2.32. The fourth-order valence-electron chi connectivity index (χ4n) is 3.32. The molecule has 0 aliphatic carbocycles. The van der Waals surface area contributed by atoms with Gasteiger partial charge in [-0.15, -0.1) is 0 Å². The first-order valence-corrected chi connectivity index (χ1v) is 10.1. The van der Waals surface area contributed by atoms with Gasteiger partial charge in [-0.3, -0.25) is 14.7 Å². The quantitative estimate of drug-likeness (QED) is 0.432. The van der Waals surface area contributed by atoms with E-state index in [1.807, 2.05) is 50.6 Å². The summed E-state index contributed by atoms with van der Waals surface area (Å²) in [5.41, 5.74) is 10.6. The molecule has 0 atom stereocenters. The average Bonchev–Trinajstić information content (AvgIpc) is 3.25. The fraction of sp³-hybridized carbons (Fsp3) is 0.174. The van der Waals surface area contributed by atoms with Crippen LogP contribution in [0.15, 0.2) is 60.2 Å². The van der Waals surface area contributed by atoms with Crippen molar-refractivity contribution in [2.45, 2.75) is 6.92 Å². The summed E-state index contributed by atoms with van der Waals surface area (Å²) in [5, 5.41) is 8.36. The van der Waals surface area contributed by atoms with E-state index in [0.717, 1.165) is 22.2 Å².